The van der Waals surface area contributed by atoms with Crippen molar-refractivity contribution in [1.82, 2.24) is 5.23 Å². The summed E-state index contributed by atoms with van der Waals surface area (Å²) in [6.45, 7) is 11.0. The number of nitrogens with zero attached hydrogens (tertiary/aromatic N) is 1. The molecule has 1 saturated heterocycles. The molecule has 0 N–H and O–H groups in total. The van der Waals surface area contributed by atoms with Crippen molar-refractivity contribution in [2.75, 3.05) is 6.61 Å². The summed E-state index contributed by atoms with van der Waals surface area (Å²) >= 11 is 0. The van der Waals surface area contributed by atoms with Gasteiger partial charge >= 0.3 is 0 Å². The van der Waals surface area contributed by atoms with Gasteiger partial charge in [-0.1, -0.05) is 6.58 Å². The lowest BCUT2D eigenvalue weighted by Gasteiger charge is -2.33. The molecule has 0 saturated carbocycles. The van der Waals surface area contributed by atoms with Crippen LogP contribution in [0.4, 0.5) is 0 Å². The lowest BCUT2D eigenvalue weighted by molar-refractivity contribution is -0.311. The first-order valence-corrected chi connectivity index (χ1v) is 7.70. The van der Waals surface area contributed by atoms with E-state index in [9.17, 15) is 0 Å². The molecular formula is C8H17NO2Si. The van der Waals surface area contributed by atoms with Crippen molar-refractivity contribution < 1.29 is 9.36 Å². The molecule has 12 heavy (non-hydrogen) atoms. The Balaban J connectivity index is 2.45. The second-order valence-electron chi connectivity index (χ2n) is 3.96. The molecule has 1 fully saturated rings. The predicted molar refractivity (Wildman–Crippen MR) is 50.6 cm³/mol. The summed E-state index contributed by atoms with van der Waals surface area (Å²) in [4.78, 5) is 5.31. The minimum atomic E-state index is -1.55. The number of hydrogen-bond acceptors (Lipinski definition) is 3. The summed E-state index contributed by atoms with van der Waals surface area (Å²) < 4.78 is 5.64. The molecule has 0 spiro atoms. The molecule has 70 valence electrons. The van der Waals surface area contributed by atoms with Gasteiger partial charge in [-0.25, -0.2) is 4.84 Å². The Morgan fingerprint density at radius 2 is 2.17 bits per heavy atom. The Morgan fingerprint density at radius 3 is 2.67 bits per heavy atom. The van der Waals surface area contributed by atoms with E-state index >= 15 is 0 Å². The fraction of sp³-hybridized carbons (Fsp3) is 0.750. The predicted octanol–water partition coefficient (Wildman–Crippen LogP) is 2.29. The fourth-order valence-electron chi connectivity index (χ4n) is 0.946. The van der Waals surface area contributed by atoms with Gasteiger partial charge in [-0.15, -0.1) is 5.23 Å². The Hall–Kier alpha value is -0.323. The summed E-state index contributed by atoms with van der Waals surface area (Å²) in [5.41, 5.74) is 0.934. The zero-order valence-electron chi connectivity index (χ0n) is 8.09. The molecule has 0 bridgehead atoms. The van der Waals surface area contributed by atoms with Crippen LogP contribution in [0.2, 0.25) is 19.6 Å². The topological polar surface area (TPSA) is 21.7 Å². The molecular weight excluding hydrogens is 170 g/mol. The normalized spacial score (nSPS) is 19.9. The van der Waals surface area contributed by atoms with Gasteiger partial charge in [0.05, 0.1) is 12.3 Å². The van der Waals surface area contributed by atoms with Crippen molar-refractivity contribution in [2.45, 2.75) is 32.5 Å². The highest BCUT2D eigenvalue weighted by atomic mass is 28.4. The van der Waals surface area contributed by atoms with Crippen LogP contribution in [0.15, 0.2) is 12.3 Å². The zero-order chi connectivity index (χ0) is 9.19. The highest BCUT2D eigenvalue weighted by molar-refractivity contribution is 6.69. The molecule has 0 aromatic carbocycles. The summed E-state index contributed by atoms with van der Waals surface area (Å²) in [5.74, 6) is 0. The molecule has 1 rings (SSSR count). The van der Waals surface area contributed by atoms with Crippen molar-refractivity contribution in [1.29, 1.82) is 0 Å². The monoisotopic (exact) mass is 187 g/mol. The average Bonchev–Trinajstić information content (AvgIpc) is 1.91. The molecule has 3 nitrogen and oxygen atoms in total. The van der Waals surface area contributed by atoms with E-state index in [2.05, 4.69) is 26.2 Å². The summed E-state index contributed by atoms with van der Waals surface area (Å²) in [6.07, 6.45) is 2.02. The van der Waals surface area contributed by atoms with Crippen LogP contribution in [-0.4, -0.2) is 20.2 Å². The average molecular weight is 187 g/mol. The van der Waals surface area contributed by atoms with E-state index < -0.39 is 8.32 Å². The Morgan fingerprint density at radius 1 is 1.50 bits per heavy atom. The maximum Gasteiger partial charge on any atom is 0.223 e. The first-order valence-electron chi connectivity index (χ1n) is 4.29. The van der Waals surface area contributed by atoms with Crippen molar-refractivity contribution in [3.8, 4) is 0 Å². The first kappa shape index (κ1) is 9.76. The quantitative estimate of drug-likeness (QED) is 0.619. The van der Waals surface area contributed by atoms with Crippen LogP contribution in [0, 0.1) is 0 Å². The number of hydrogen-bond donors (Lipinski definition) is 0. The van der Waals surface area contributed by atoms with E-state index in [4.69, 9.17) is 9.36 Å². The largest absolute Gasteiger partial charge is 0.298 e. The standard InChI is InChI=1S/C8H17NO2Si/c1-8-6-5-7-10-9(8)11-12(2,3)4/h1,5-7H2,2-4H3. The van der Waals surface area contributed by atoms with E-state index in [0.29, 0.717) is 0 Å². The van der Waals surface area contributed by atoms with Gasteiger partial charge in [0.2, 0.25) is 8.32 Å². The van der Waals surface area contributed by atoms with Crippen LogP contribution in [0.3, 0.4) is 0 Å². The lowest BCUT2D eigenvalue weighted by atomic mass is 10.2. The second-order valence-corrected chi connectivity index (χ2v) is 8.37. The zero-order valence-corrected chi connectivity index (χ0v) is 9.09. The molecule has 0 unspecified atom stereocenters. The van der Waals surface area contributed by atoms with Crippen LogP contribution in [-0.2, 0) is 9.36 Å². The lowest BCUT2D eigenvalue weighted by Crippen LogP contribution is -2.38. The summed E-state index contributed by atoms with van der Waals surface area (Å²) in [7, 11) is -1.55. The Labute approximate surface area is 75.0 Å². The second kappa shape index (κ2) is 3.59. The molecule has 0 aromatic rings. The highest BCUT2D eigenvalue weighted by Gasteiger charge is 2.23. The smallest absolute Gasteiger partial charge is 0.223 e. The minimum Gasteiger partial charge on any atom is -0.298 e. The Kier molecular flexibility index (Phi) is 2.92. The molecule has 1 aliphatic heterocycles. The van der Waals surface area contributed by atoms with Gasteiger partial charge in [-0.2, -0.15) is 0 Å². The maximum atomic E-state index is 5.64. The fourth-order valence-corrected chi connectivity index (χ4v) is 1.63. The molecule has 1 aliphatic rings. The van der Waals surface area contributed by atoms with Gasteiger partial charge in [0.1, 0.15) is 0 Å². The molecule has 0 radical (unpaired) electrons. The number of hydroxylamine groups is 2. The van der Waals surface area contributed by atoms with Gasteiger partial charge < -0.3 is 0 Å². The van der Waals surface area contributed by atoms with E-state index in [1.54, 1.807) is 0 Å². The van der Waals surface area contributed by atoms with Gasteiger partial charge in [0.25, 0.3) is 0 Å². The third-order valence-electron chi connectivity index (χ3n) is 1.43. The van der Waals surface area contributed by atoms with Crippen LogP contribution in [0.1, 0.15) is 12.8 Å². The molecule has 4 heteroatoms. The van der Waals surface area contributed by atoms with Gasteiger partial charge in [0, 0.05) is 0 Å². The van der Waals surface area contributed by atoms with Crippen molar-refractivity contribution >= 4 is 8.32 Å². The van der Waals surface area contributed by atoms with E-state index in [1.165, 1.54) is 5.23 Å². The van der Waals surface area contributed by atoms with Gasteiger partial charge in [-0.05, 0) is 32.5 Å². The highest BCUT2D eigenvalue weighted by Crippen LogP contribution is 2.20. The number of allylic oxidation sites excluding steroid dienone is 1. The molecule has 0 atom stereocenters. The number of rotatable bonds is 2. The van der Waals surface area contributed by atoms with Crippen LogP contribution in [0.25, 0.3) is 0 Å². The summed E-state index contributed by atoms with van der Waals surface area (Å²) in [6, 6.07) is 0. The van der Waals surface area contributed by atoms with Crippen molar-refractivity contribution in [3.05, 3.63) is 12.3 Å². The maximum absolute atomic E-state index is 5.64. The van der Waals surface area contributed by atoms with Crippen molar-refractivity contribution in [3.63, 3.8) is 0 Å². The van der Waals surface area contributed by atoms with Crippen LogP contribution >= 0.6 is 0 Å². The first-order chi connectivity index (χ1) is 5.49. The van der Waals surface area contributed by atoms with E-state index in [1.807, 2.05) is 0 Å². The molecule has 0 aliphatic carbocycles. The molecule has 1 heterocycles. The van der Waals surface area contributed by atoms with Crippen LogP contribution < -0.4 is 0 Å². The van der Waals surface area contributed by atoms with E-state index in [-0.39, 0.29) is 0 Å². The Bertz CT molecular complexity index is 176. The van der Waals surface area contributed by atoms with Crippen molar-refractivity contribution in [2.24, 2.45) is 0 Å². The van der Waals surface area contributed by atoms with Crippen LogP contribution in [0.5, 0.6) is 0 Å². The third-order valence-corrected chi connectivity index (χ3v) is 2.15. The summed E-state index contributed by atoms with van der Waals surface area (Å²) in [5, 5.41) is 1.51. The molecule has 0 aromatic heterocycles. The van der Waals surface area contributed by atoms with Gasteiger partial charge in [0.15, 0.2) is 0 Å². The van der Waals surface area contributed by atoms with Gasteiger partial charge in [-0.3, -0.25) is 4.53 Å². The van der Waals surface area contributed by atoms with E-state index in [0.717, 1.165) is 25.1 Å². The SMILES string of the molecule is C=C1CCCON1O[Si](C)(C)C. The third kappa shape index (κ3) is 2.96. The molecule has 0 amide bonds. The minimum absolute atomic E-state index is 0.740.